The van der Waals surface area contributed by atoms with Crippen molar-refractivity contribution in [2.45, 2.75) is 6.54 Å². The van der Waals surface area contributed by atoms with Crippen LogP contribution in [0.15, 0.2) is 35.1 Å². The average Bonchev–Trinajstić information content (AvgIpc) is 2.68. The Labute approximate surface area is 108 Å². The van der Waals surface area contributed by atoms with Crippen molar-refractivity contribution in [3.8, 4) is 5.69 Å². The van der Waals surface area contributed by atoms with Crippen molar-refractivity contribution in [2.24, 2.45) is 0 Å². The maximum atomic E-state index is 6.17. The molecule has 2 aromatic rings. The lowest BCUT2D eigenvalue weighted by atomic mass is 10.2. The summed E-state index contributed by atoms with van der Waals surface area (Å²) in [6.45, 7) is 0.766. The Morgan fingerprint density at radius 1 is 1.50 bits per heavy atom. The molecular formula is C11H11BrClN3. The fraction of sp³-hybridized carbons (Fsp3) is 0.182. The van der Waals surface area contributed by atoms with E-state index in [2.05, 4.69) is 26.3 Å². The molecule has 5 heteroatoms. The number of benzene rings is 1. The van der Waals surface area contributed by atoms with Gasteiger partial charge in [-0.3, -0.25) is 0 Å². The third-order valence-corrected chi connectivity index (χ3v) is 2.98. The van der Waals surface area contributed by atoms with Gasteiger partial charge in [-0.1, -0.05) is 17.7 Å². The lowest BCUT2D eigenvalue weighted by molar-refractivity contribution is 0.815. The van der Waals surface area contributed by atoms with E-state index in [0.717, 1.165) is 27.3 Å². The molecule has 0 bridgehead atoms. The number of nitrogens with zero attached hydrogens (tertiary/aromatic N) is 2. The van der Waals surface area contributed by atoms with Gasteiger partial charge < -0.3 is 5.32 Å². The summed E-state index contributed by atoms with van der Waals surface area (Å²) >= 11 is 9.53. The third-order valence-electron chi connectivity index (χ3n) is 2.22. The molecule has 84 valence electrons. The number of hydrogen-bond acceptors (Lipinski definition) is 2. The van der Waals surface area contributed by atoms with E-state index in [-0.39, 0.29) is 0 Å². The molecule has 0 aliphatic carbocycles. The van der Waals surface area contributed by atoms with E-state index in [1.54, 1.807) is 10.9 Å². The highest BCUT2D eigenvalue weighted by molar-refractivity contribution is 9.10. The van der Waals surface area contributed by atoms with Crippen molar-refractivity contribution < 1.29 is 0 Å². The maximum absolute atomic E-state index is 6.17. The van der Waals surface area contributed by atoms with Crippen LogP contribution in [0, 0.1) is 0 Å². The molecule has 1 aromatic heterocycles. The van der Waals surface area contributed by atoms with Crippen LogP contribution in [-0.2, 0) is 6.54 Å². The predicted octanol–water partition coefficient (Wildman–Crippen LogP) is 3.01. The van der Waals surface area contributed by atoms with Gasteiger partial charge in [-0.15, -0.1) is 0 Å². The minimum atomic E-state index is 0.749. The zero-order valence-electron chi connectivity index (χ0n) is 8.74. The first-order valence-corrected chi connectivity index (χ1v) is 6.01. The number of halogens is 2. The van der Waals surface area contributed by atoms with Crippen molar-refractivity contribution in [2.75, 3.05) is 7.05 Å². The second-order valence-electron chi connectivity index (χ2n) is 3.41. The first kappa shape index (κ1) is 11.6. The van der Waals surface area contributed by atoms with Crippen molar-refractivity contribution in [1.29, 1.82) is 0 Å². The lowest BCUT2D eigenvalue weighted by Gasteiger charge is -2.06. The summed E-state index contributed by atoms with van der Waals surface area (Å²) in [4.78, 5) is 0. The molecule has 0 aliphatic rings. The van der Waals surface area contributed by atoms with Gasteiger partial charge in [-0.05, 0) is 40.7 Å². The Morgan fingerprint density at radius 2 is 2.31 bits per heavy atom. The molecule has 1 aromatic carbocycles. The van der Waals surface area contributed by atoms with E-state index in [4.69, 9.17) is 11.6 Å². The SMILES string of the molecule is CNCc1ccc(-n2cc(Br)cn2)cc1Cl. The molecule has 0 atom stereocenters. The molecule has 0 aliphatic heterocycles. The molecule has 0 spiro atoms. The molecule has 1 N–H and O–H groups in total. The normalized spacial score (nSPS) is 10.7. The Morgan fingerprint density at radius 3 is 2.88 bits per heavy atom. The van der Waals surface area contributed by atoms with Gasteiger partial charge in [-0.2, -0.15) is 5.10 Å². The van der Waals surface area contributed by atoms with Gasteiger partial charge in [0, 0.05) is 17.8 Å². The fourth-order valence-corrected chi connectivity index (χ4v) is 1.98. The first-order valence-electron chi connectivity index (χ1n) is 4.84. The van der Waals surface area contributed by atoms with E-state index >= 15 is 0 Å². The molecule has 1 heterocycles. The monoisotopic (exact) mass is 299 g/mol. The number of hydrogen-bond donors (Lipinski definition) is 1. The molecule has 0 amide bonds. The molecular weight excluding hydrogens is 289 g/mol. The van der Waals surface area contributed by atoms with Crippen molar-refractivity contribution in [3.05, 3.63) is 45.7 Å². The van der Waals surface area contributed by atoms with Gasteiger partial charge in [0.15, 0.2) is 0 Å². The van der Waals surface area contributed by atoms with Gasteiger partial charge >= 0.3 is 0 Å². The van der Waals surface area contributed by atoms with Crippen molar-refractivity contribution >= 4 is 27.5 Å². The predicted molar refractivity (Wildman–Crippen MR) is 69.0 cm³/mol. The minimum Gasteiger partial charge on any atom is -0.316 e. The molecule has 0 saturated carbocycles. The molecule has 0 unspecified atom stereocenters. The van der Waals surface area contributed by atoms with Crippen LogP contribution in [0.2, 0.25) is 5.02 Å². The van der Waals surface area contributed by atoms with Crippen LogP contribution in [0.4, 0.5) is 0 Å². The second-order valence-corrected chi connectivity index (χ2v) is 4.73. The van der Waals surface area contributed by atoms with Crippen LogP contribution in [0.25, 0.3) is 5.69 Å². The Bertz CT molecular complexity index is 496. The Kier molecular flexibility index (Phi) is 3.63. The van der Waals surface area contributed by atoms with Gasteiger partial charge in [0.2, 0.25) is 0 Å². The lowest BCUT2D eigenvalue weighted by Crippen LogP contribution is -2.06. The highest BCUT2D eigenvalue weighted by Crippen LogP contribution is 2.20. The largest absolute Gasteiger partial charge is 0.316 e. The second kappa shape index (κ2) is 4.99. The molecule has 16 heavy (non-hydrogen) atoms. The molecule has 0 radical (unpaired) electrons. The van der Waals surface area contributed by atoms with E-state index in [0.29, 0.717) is 0 Å². The van der Waals surface area contributed by atoms with Crippen LogP contribution >= 0.6 is 27.5 Å². The summed E-state index contributed by atoms with van der Waals surface area (Å²) < 4.78 is 2.72. The van der Waals surface area contributed by atoms with Crippen LogP contribution < -0.4 is 5.32 Å². The van der Waals surface area contributed by atoms with E-state index in [1.165, 1.54) is 0 Å². The highest BCUT2D eigenvalue weighted by Gasteiger charge is 2.03. The van der Waals surface area contributed by atoms with Gasteiger partial charge in [0.05, 0.1) is 16.4 Å². The van der Waals surface area contributed by atoms with Gasteiger partial charge in [0.1, 0.15) is 0 Å². The van der Waals surface area contributed by atoms with E-state index in [1.807, 2.05) is 31.4 Å². The van der Waals surface area contributed by atoms with Crippen LogP contribution in [0.1, 0.15) is 5.56 Å². The zero-order chi connectivity index (χ0) is 11.5. The average molecular weight is 301 g/mol. The molecule has 0 saturated heterocycles. The maximum Gasteiger partial charge on any atom is 0.0661 e. The number of aromatic nitrogens is 2. The van der Waals surface area contributed by atoms with E-state index < -0.39 is 0 Å². The van der Waals surface area contributed by atoms with Crippen LogP contribution in [0.3, 0.4) is 0 Å². The zero-order valence-corrected chi connectivity index (χ0v) is 11.1. The smallest absolute Gasteiger partial charge is 0.0661 e. The molecule has 0 fully saturated rings. The standard InChI is InChI=1S/C11H11BrClN3/c1-14-5-8-2-3-10(4-11(8)13)16-7-9(12)6-15-16/h2-4,6-7,14H,5H2,1H3. The summed E-state index contributed by atoms with van der Waals surface area (Å²) in [5.74, 6) is 0. The Balaban J connectivity index is 2.34. The Hall–Kier alpha value is -0.840. The summed E-state index contributed by atoms with van der Waals surface area (Å²) in [5.41, 5.74) is 2.04. The summed E-state index contributed by atoms with van der Waals surface area (Å²) in [5, 5.41) is 8.02. The highest BCUT2D eigenvalue weighted by atomic mass is 79.9. The summed E-state index contributed by atoms with van der Waals surface area (Å²) in [6.07, 6.45) is 3.64. The topological polar surface area (TPSA) is 29.9 Å². The third kappa shape index (κ3) is 2.45. The summed E-state index contributed by atoms with van der Waals surface area (Å²) in [6, 6.07) is 5.91. The van der Waals surface area contributed by atoms with Crippen molar-refractivity contribution in [1.82, 2.24) is 15.1 Å². The fourth-order valence-electron chi connectivity index (χ4n) is 1.45. The minimum absolute atomic E-state index is 0.749. The summed E-state index contributed by atoms with van der Waals surface area (Å²) in [7, 11) is 1.90. The van der Waals surface area contributed by atoms with Crippen LogP contribution in [0.5, 0.6) is 0 Å². The van der Waals surface area contributed by atoms with Crippen molar-refractivity contribution in [3.63, 3.8) is 0 Å². The van der Waals surface area contributed by atoms with Crippen LogP contribution in [-0.4, -0.2) is 16.8 Å². The van der Waals surface area contributed by atoms with E-state index in [9.17, 15) is 0 Å². The molecule has 2 rings (SSSR count). The number of nitrogens with one attached hydrogen (secondary N) is 1. The molecule has 3 nitrogen and oxygen atoms in total. The quantitative estimate of drug-likeness (QED) is 0.944. The van der Waals surface area contributed by atoms with Gasteiger partial charge in [-0.25, -0.2) is 4.68 Å². The number of rotatable bonds is 3. The van der Waals surface area contributed by atoms with Gasteiger partial charge in [0.25, 0.3) is 0 Å². The first-order chi connectivity index (χ1) is 7.70.